The molecule has 0 unspecified atom stereocenters. The number of benzene rings is 9. The molecule has 0 heterocycles. The molecule has 0 saturated carbocycles. The summed E-state index contributed by atoms with van der Waals surface area (Å²) in [6, 6.07) is -3.36. The average molecular weight is 605 g/mol. The van der Waals surface area contributed by atoms with E-state index in [4.69, 9.17) is 20.6 Å². The normalized spacial score (nSPS) is 18.2. The Morgan fingerprint density at radius 1 is 0.304 bits per heavy atom. The Bertz CT molecular complexity index is 3740. The molecule has 0 N–H and O–H groups in total. The standard InChI is InChI=1S/C46H30/c1-2-15-32(16-3-1)35-18-6-7-19-39(35)45-41-20-8-10-22-43(41)46(44-23-11-9-21-42(44)45)40-27-13-25-37-36(24-12-26-38(37)40)34-29-28-31-14-4-5-17-33(31)30-34/h1-30H/i1D,2D,3D,4D,5D,6D,7D,12D,13D,14D,15D,16D,17D,18D,19D,24D,25D,26D,27D,28D,29D,30D. The van der Waals surface area contributed by atoms with Gasteiger partial charge in [0.1, 0.15) is 0 Å². The van der Waals surface area contributed by atoms with Gasteiger partial charge in [0, 0.05) is 0 Å². The fraction of sp³-hybridized carbons (Fsp3) is 0. The molecule has 0 nitrogen and oxygen atoms in total. The molecule has 0 radical (unpaired) electrons. The first-order valence-corrected chi connectivity index (χ1v) is 14.2. The van der Waals surface area contributed by atoms with Gasteiger partial charge in [-0.3, -0.25) is 0 Å². The highest BCUT2D eigenvalue weighted by Crippen LogP contribution is 2.47. The predicted molar refractivity (Wildman–Crippen MR) is 198 cm³/mol. The summed E-state index contributed by atoms with van der Waals surface area (Å²) in [6.45, 7) is 0. The highest BCUT2D eigenvalue weighted by molar-refractivity contribution is 6.24. The third-order valence-electron chi connectivity index (χ3n) is 7.87. The van der Waals surface area contributed by atoms with Crippen LogP contribution in [-0.4, -0.2) is 0 Å². The molecular weight excluding hydrogens is 553 g/mol. The minimum absolute atomic E-state index is 0.107. The molecule has 0 aliphatic carbocycles. The van der Waals surface area contributed by atoms with E-state index in [1.807, 2.05) is 0 Å². The molecule has 0 aromatic heterocycles. The third-order valence-corrected chi connectivity index (χ3v) is 7.87. The van der Waals surface area contributed by atoms with Crippen LogP contribution in [0.15, 0.2) is 181 Å². The summed E-state index contributed by atoms with van der Waals surface area (Å²) in [5.74, 6) is 0. The summed E-state index contributed by atoms with van der Waals surface area (Å²) < 4.78 is 196. The van der Waals surface area contributed by atoms with Crippen molar-refractivity contribution in [2.75, 3.05) is 0 Å². The summed E-state index contributed by atoms with van der Waals surface area (Å²) in [6.07, 6.45) is 0. The molecule has 0 bridgehead atoms. The molecule has 0 aliphatic rings. The van der Waals surface area contributed by atoms with Crippen molar-refractivity contribution in [3.8, 4) is 44.5 Å². The molecule has 0 atom stereocenters. The number of hydrogen-bond acceptors (Lipinski definition) is 0. The zero-order chi connectivity index (χ0) is 49.6. The fourth-order valence-corrected chi connectivity index (χ4v) is 5.95. The maximum Gasteiger partial charge on any atom is 0.0636 e. The molecule has 46 heavy (non-hydrogen) atoms. The summed E-state index contributed by atoms with van der Waals surface area (Å²) in [5, 5.41) is -0.860. The van der Waals surface area contributed by atoms with Gasteiger partial charge in [0.25, 0.3) is 0 Å². The van der Waals surface area contributed by atoms with E-state index >= 15 is 0 Å². The van der Waals surface area contributed by atoms with Crippen molar-refractivity contribution in [1.29, 1.82) is 0 Å². The Kier molecular flexibility index (Phi) is 2.94. The quantitative estimate of drug-likeness (QED) is 0.175. The maximum absolute atomic E-state index is 9.53. The van der Waals surface area contributed by atoms with E-state index in [0.717, 1.165) is 0 Å². The largest absolute Gasteiger partial charge is 0.0636 e. The summed E-state index contributed by atoms with van der Waals surface area (Å²) in [5.41, 5.74) is -2.28. The summed E-state index contributed by atoms with van der Waals surface area (Å²) >= 11 is 0. The Labute approximate surface area is 299 Å². The molecule has 214 valence electrons. The van der Waals surface area contributed by atoms with Crippen LogP contribution >= 0.6 is 0 Å². The third kappa shape index (κ3) is 4.23. The van der Waals surface area contributed by atoms with Crippen LogP contribution in [0.1, 0.15) is 30.2 Å². The molecule has 0 fully saturated rings. The molecule has 0 heteroatoms. The lowest BCUT2D eigenvalue weighted by atomic mass is 9.82. The Hall–Kier alpha value is -5.98. The molecule has 9 aromatic carbocycles. The molecule has 0 saturated heterocycles. The second-order valence-corrected chi connectivity index (χ2v) is 10.3. The molecule has 9 aromatic rings. The van der Waals surface area contributed by atoms with Gasteiger partial charge in [-0.1, -0.05) is 175 Å². The molecule has 9 rings (SSSR count). The monoisotopic (exact) mass is 604 g/mol. The van der Waals surface area contributed by atoms with Gasteiger partial charge < -0.3 is 0 Å². The van der Waals surface area contributed by atoms with Crippen LogP contribution < -0.4 is 0 Å². The summed E-state index contributed by atoms with van der Waals surface area (Å²) in [4.78, 5) is 0. The fourth-order valence-electron chi connectivity index (χ4n) is 5.95. The van der Waals surface area contributed by atoms with Gasteiger partial charge in [0.15, 0.2) is 0 Å². The van der Waals surface area contributed by atoms with Crippen LogP contribution in [0.5, 0.6) is 0 Å². The van der Waals surface area contributed by atoms with Gasteiger partial charge in [-0.2, -0.15) is 0 Å². The van der Waals surface area contributed by atoms with Gasteiger partial charge >= 0.3 is 0 Å². The van der Waals surface area contributed by atoms with Crippen molar-refractivity contribution in [1.82, 2.24) is 0 Å². The van der Waals surface area contributed by atoms with Gasteiger partial charge in [-0.25, -0.2) is 0 Å². The van der Waals surface area contributed by atoms with E-state index < -0.39 is 171 Å². The number of hydrogen-bond donors (Lipinski definition) is 0. The van der Waals surface area contributed by atoms with E-state index in [1.54, 1.807) is 48.5 Å². The van der Waals surface area contributed by atoms with Gasteiger partial charge in [-0.05, 0) is 93.6 Å². The van der Waals surface area contributed by atoms with Crippen molar-refractivity contribution in [2.24, 2.45) is 0 Å². The number of rotatable bonds is 4. The van der Waals surface area contributed by atoms with Gasteiger partial charge in [0.05, 0.1) is 30.2 Å². The van der Waals surface area contributed by atoms with E-state index in [1.165, 1.54) is 0 Å². The lowest BCUT2D eigenvalue weighted by Gasteiger charge is -2.20. The lowest BCUT2D eigenvalue weighted by molar-refractivity contribution is 1.61. The second-order valence-electron chi connectivity index (χ2n) is 10.3. The van der Waals surface area contributed by atoms with Crippen LogP contribution in [0.4, 0.5) is 0 Å². The van der Waals surface area contributed by atoms with E-state index in [9.17, 15) is 9.60 Å². The van der Waals surface area contributed by atoms with Crippen molar-refractivity contribution in [2.45, 2.75) is 0 Å². The minimum atomic E-state index is -0.806. The minimum Gasteiger partial charge on any atom is -0.0622 e. The Morgan fingerprint density at radius 3 is 1.48 bits per heavy atom. The number of fused-ring (bicyclic) bond motifs is 4. The van der Waals surface area contributed by atoms with E-state index in [0.29, 0.717) is 0 Å². The van der Waals surface area contributed by atoms with Crippen LogP contribution in [0.25, 0.3) is 87.6 Å². The lowest BCUT2D eigenvalue weighted by Crippen LogP contribution is -1.93. The van der Waals surface area contributed by atoms with Gasteiger partial charge in [-0.15, -0.1) is 0 Å². The smallest absolute Gasteiger partial charge is 0.0622 e. The van der Waals surface area contributed by atoms with E-state index in [-0.39, 0.29) is 49.2 Å². The molecular formula is C46H30. The van der Waals surface area contributed by atoms with Crippen LogP contribution in [0.3, 0.4) is 0 Å². The van der Waals surface area contributed by atoms with Crippen molar-refractivity contribution >= 4 is 43.1 Å². The SMILES string of the molecule is [2H]c1c([2H])c([2H])c(-c2c([2H])c([2H])c([2H])c([2H])c2-c2c3ccccc3c(-c3c([2H])c([2H])c([2H])c4c(-c5c([2H])c([2H])c6c([2H])c([2H])c([2H])c([2H])c6c5[2H])c([2H])c([2H])c([2H])c34)c3ccccc23)c([2H])c1[2H]. The van der Waals surface area contributed by atoms with Crippen molar-refractivity contribution in [3.05, 3.63) is 181 Å². The van der Waals surface area contributed by atoms with Gasteiger partial charge in [0.2, 0.25) is 0 Å². The average Bonchev–Trinajstić information content (AvgIpc) is 3.32. The first kappa shape index (κ1) is 12.4. The first-order chi connectivity index (χ1) is 32.0. The van der Waals surface area contributed by atoms with Crippen molar-refractivity contribution < 1.29 is 30.2 Å². The highest BCUT2D eigenvalue weighted by Gasteiger charge is 2.20. The highest BCUT2D eigenvalue weighted by atomic mass is 14.2. The van der Waals surface area contributed by atoms with E-state index in [2.05, 4.69) is 0 Å². The second kappa shape index (κ2) is 10.9. The maximum atomic E-state index is 9.53. The Morgan fingerprint density at radius 2 is 0.804 bits per heavy atom. The Balaban J connectivity index is 1.51. The molecule has 0 spiro atoms. The zero-order valence-corrected chi connectivity index (χ0v) is 23.6. The molecule has 0 amide bonds. The predicted octanol–water partition coefficient (Wildman–Crippen LogP) is 13.0. The van der Waals surface area contributed by atoms with Crippen LogP contribution in [0, 0.1) is 0 Å². The zero-order valence-electron chi connectivity index (χ0n) is 45.6. The van der Waals surface area contributed by atoms with Crippen LogP contribution in [0.2, 0.25) is 0 Å². The molecule has 0 aliphatic heterocycles. The first-order valence-electron chi connectivity index (χ1n) is 25.2. The summed E-state index contributed by atoms with van der Waals surface area (Å²) in [7, 11) is 0. The topological polar surface area (TPSA) is 0 Å². The van der Waals surface area contributed by atoms with Crippen molar-refractivity contribution in [3.63, 3.8) is 0 Å². The van der Waals surface area contributed by atoms with Crippen LogP contribution in [-0.2, 0) is 0 Å².